The average Bonchev–Trinajstić information content (AvgIpc) is 2.65. The van der Waals surface area contributed by atoms with E-state index < -0.39 is 38.0 Å². The van der Waals surface area contributed by atoms with Crippen molar-refractivity contribution in [3.63, 3.8) is 0 Å². The van der Waals surface area contributed by atoms with Gasteiger partial charge >= 0.3 is 0 Å². The van der Waals surface area contributed by atoms with Crippen molar-refractivity contribution in [2.24, 2.45) is 0 Å². The summed E-state index contributed by atoms with van der Waals surface area (Å²) in [6.07, 6.45) is 1.98. The molecule has 0 amide bonds. The molecule has 0 aliphatic rings. The number of carbonyl (C=O) groups excluding carboxylic acids is 1. The lowest BCUT2D eigenvalue weighted by atomic mass is 10.00. The molecular formula is C20H17ClF2N2O3S. The lowest BCUT2D eigenvalue weighted by molar-refractivity contribution is 0.103. The second-order valence-electron chi connectivity index (χ2n) is 6.58. The van der Waals surface area contributed by atoms with E-state index in [1.807, 2.05) is 6.92 Å². The molecular weight excluding hydrogens is 422 g/mol. The van der Waals surface area contributed by atoms with E-state index in [0.29, 0.717) is 23.4 Å². The van der Waals surface area contributed by atoms with Crippen molar-refractivity contribution in [3.8, 4) is 0 Å². The maximum Gasteiger partial charge on any atom is 0.232 e. The molecule has 0 bridgehead atoms. The summed E-state index contributed by atoms with van der Waals surface area (Å²) in [6, 6.07) is 6.92. The Morgan fingerprint density at radius 2 is 1.93 bits per heavy atom. The minimum atomic E-state index is -3.82. The summed E-state index contributed by atoms with van der Waals surface area (Å²) < 4.78 is 54.7. The molecule has 152 valence electrons. The quantitative estimate of drug-likeness (QED) is 0.440. The van der Waals surface area contributed by atoms with E-state index >= 15 is 0 Å². The number of anilines is 1. The van der Waals surface area contributed by atoms with Gasteiger partial charge in [-0.15, -0.1) is 0 Å². The standard InChI is InChI=1S/C20H17ClF2N2O3S/c1-3-6-29(27,28)25-16-9-14(22)19(23)17(18(16)21)20(26)12-4-5-15-13(8-12)7-11(2)10-24-15/h4-5,7-10,25H,3,6H2,1-2H3. The van der Waals surface area contributed by atoms with Crippen LogP contribution in [0, 0.1) is 18.6 Å². The third-order valence-corrected chi connectivity index (χ3v) is 6.07. The van der Waals surface area contributed by atoms with Crippen molar-refractivity contribution in [2.45, 2.75) is 20.3 Å². The number of nitrogens with one attached hydrogen (secondary N) is 1. The summed E-state index contributed by atoms with van der Waals surface area (Å²) >= 11 is 6.11. The Balaban J connectivity index is 2.11. The molecule has 0 unspecified atom stereocenters. The average molecular weight is 439 g/mol. The Kier molecular flexibility index (Phi) is 5.86. The first-order chi connectivity index (χ1) is 13.6. The fourth-order valence-corrected chi connectivity index (χ4v) is 4.35. The third kappa shape index (κ3) is 4.38. The largest absolute Gasteiger partial charge is 0.288 e. The van der Waals surface area contributed by atoms with Crippen LogP contribution in [0.15, 0.2) is 36.5 Å². The molecule has 0 radical (unpaired) electrons. The van der Waals surface area contributed by atoms with Crippen LogP contribution in [0.2, 0.25) is 5.02 Å². The summed E-state index contributed by atoms with van der Waals surface area (Å²) in [7, 11) is -3.82. The topological polar surface area (TPSA) is 76.1 Å². The highest BCUT2D eigenvalue weighted by Crippen LogP contribution is 2.33. The first-order valence-electron chi connectivity index (χ1n) is 8.72. The summed E-state index contributed by atoms with van der Waals surface area (Å²) in [5.41, 5.74) is 0.441. The van der Waals surface area contributed by atoms with Gasteiger partial charge in [-0.05, 0) is 43.2 Å². The molecule has 0 aliphatic carbocycles. The molecule has 0 fully saturated rings. The molecule has 1 heterocycles. The number of hydrogen-bond acceptors (Lipinski definition) is 4. The van der Waals surface area contributed by atoms with Crippen LogP contribution < -0.4 is 4.72 Å². The van der Waals surface area contributed by atoms with Crippen molar-refractivity contribution in [1.82, 2.24) is 4.98 Å². The van der Waals surface area contributed by atoms with Gasteiger partial charge in [-0.25, -0.2) is 17.2 Å². The smallest absolute Gasteiger partial charge is 0.232 e. The van der Waals surface area contributed by atoms with Crippen LogP contribution >= 0.6 is 11.6 Å². The predicted octanol–water partition coefficient (Wildman–Crippen LogP) is 4.86. The molecule has 29 heavy (non-hydrogen) atoms. The van der Waals surface area contributed by atoms with Crippen LogP contribution in [-0.2, 0) is 10.0 Å². The van der Waals surface area contributed by atoms with E-state index in [9.17, 15) is 22.0 Å². The molecule has 0 atom stereocenters. The summed E-state index contributed by atoms with van der Waals surface area (Å²) in [5.74, 6) is -3.93. The molecule has 3 aromatic rings. The van der Waals surface area contributed by atoms with Gasteiger partial charge in [0.15, 0.2) is 17.4 Å². The highest BCUT2D eigenvalue weighted by atomic mass is 35.5. The van der Waals surface area contributed by atoms with Gasteiger partial charge in [0.25, 0.3) is 0 Å². The second-order valence-corrected chi connectivity index (χ2v) is 8.80. The second kappa shape index (κ2) is 8.04. The number of halogens is 3. The Labute approximate surface area is 171 Å². The third-order valence-electron chi connectivity index (χ3n) is 4.20. The van der Waals surface area contributed by atoms with Crippen LogP contribution in [0.4, 0.5) is 14.5 Å². The number of aryl methyl sites for hydroxylation is 1. The van der Waals surface area contributed by atoms with E-state index in [0.717, 1.165) is 5.56 Å². The van der Waals surface area contributed by atoms with Crippen molar-refractivity contribution < 1.29 is 22.0 Å². The van der Waals surface area contributed by atoms with Gasteiger partial charge in [0, 0.05) is 23.2 Å². The zero-order chi connectivity index (χ0) is 21.3. The molecule has 0 spiro atoms. The zero-order valence-corrected chi connectivity index (χ0v) is 17.2. The normalized spacial score (nSPS) is 11.6. The number of benzene rings is 2. The van der Waals surface area contributed by atoms with Crippen molar-refractivity contribution in [2.75, 3.05) is 10.5 Å². The Morgan fingerprint density at radius 1 is 1.21 bits per heavy atom. The molecule has 3 rings (SSSR count). The number of sulfonamides is 1. The van der Waals surface area contributed by atoms with E-state index in [-0.39, 0.29) is 17.0 Å². The number of pyridine rings is 1. The van der Waals surface area contributed by atoms with Crippen LogP contribution in [0.1, 0.15) is 34.8 Å². The lowest BCUT2D eigenvalue weighted by Gasteiger charge is -2.13. The molecule has 9 heteroatoms. The van der Waals surface area contributed by atoms with E-state index in [4.69, 9.17) is 11.6 Å². The van der Waals surface area contributed by atoms with Gasteiger partial charge in [-0.3, -0.25) is 14.5 Å². The lowest BCUT2D eigenvalue weighted by Crippen LogP contribution is -2.18. The van der Waals surface area contributed by atoms with Crippen LogP contribution in [0.25, 0.3) is 10.9 Å². The molecule has 5 nitrogen and oxygen atoms in total. The number of fused-ring (bicyclic) bond motifs is 1. The Hall–Kier alpha value is -2.58. The molecule has 2 aromatic carbocycles. The maximum absolute atomic E-state index is 14.5. The number of rotatable bonds is 6. The van der Waals surface area contributed by atoms with E-state index in [1.165, 1.54) is 12.1 Å². The summed E-state index contributed by atoms with van der Waals surface area (Å²) in [4.78, 5) is 17.2. The van der Waals surface area contributed by atoms with Crippen molar-refractivity contribution >= 4 is 44.0 Å². The number of aromatic nitrogens is 1. The number of nitrogens with zero attached hydrogens (tertiary/aromatic N) is 1. The van der Waals surface area contributed by atoms with Crippen LogP contribution in [0.5, 0.6) is 0 Å². The van der Waals surface area contributed by atoms with Gasteiger partial charge in [0.05, 0.1) is 27.5 Å². The number of hydrogen-bond donors (Lipinski definition) is 1. The zero-order valence-electron chi connectivity index (χ0n) is 15.6. The number of carbonyl (C=O) groups is 1. The first-order valence-corrected chi connectivity index (χ1v) is 10.7. The van der Waals surface area contributed by atoms with Gasteiger partial charge < -0.3 is 0 Å². The molecule has 0 saturated carbocycles. The minimum absolute atomic E-state index is 0.0682. The monoisotopic (exact) mass is 438 g/mol. The maximum atomic E-state index is 14.5. The molecule has 0 saturated heterocycles. The predicted molar refractivity (Wildman–Crippen MR) is 109 cm³/mol. The van der Waals surface area contributed by atoms with Gasteiger partial charge in [0.1, 0.15) is 0 Å². The summed E-state index contributed by atoms with van der Waals surface area (Å²) in [6.45, 7) is 3.48. The Morgan fingerprint density at radius 3 is 2.62 bits per heavy atom. The Bertz CT molecular complexity index is 1230. The van der Waals surface area contributed by atoms with Gasteiger partial charge in [-0.2, -0.15) is 0 Å². The van der Waals surface area contributed by atoms with Crippen LogP contribution in [-0.4, -0.2) is 24.9 Å². The fraction of sp³-hybridized carbons (Fsp3) is 0.200. The van der Waals surface area contributed by atoms with E-state index in [2.05, 4.69) is 9.71 Å². The highest BCUT2D eigenvalue weighted by Gasteiger charge is 2.26. The highest BCUT2D eigenvalue weighted by molar-refractivity contribution is 7.92. The molecule has 1 aromatic heterocycles. The van der Waals surface area contributed by atoms with Gasteiger partial charge in [-0.1, -0.05) is 18.5 Å². The fourth-order valence-electron chi connectivity index (χ4n) is 2.89. The SMILES string of the molecule is CCCS(=O)(=O)Nc1cc(F)c(F)c(C(=O)c2ccc3ncc(C)cc3c2)c1Cl. The van der Waals surface area contributed by atoms with Crippen molar-refractivity contribution in [1.29, 1.82) is 0 Å². The minimum Gasteiger partial charge on any atom is -0.288 e. The van der Waals surface area contributed by atoms with Gasteiger partial charge in [0.2, 0.25) is 10.0 Å². The van der Waals surface area contributed by atoms with Crippen LogP contribution in [0.3, 0.4) is 0 Å². The first kappa shape index (κ1) is 21.1. The molecule has 1 N–H and O–H groups in total. The van der Waals surface area contributed by atoms with Crippen molar-refractivity contribution in [3.05, 3.63) is 69.9 Å². The number of ketones is 1. The van der Waals surface area contributed by atoms with E-state index in [1.54, 1.807) is 25.3 Å². The summed E-state index contributed by atoms with van der Waals surface area (Å²) in [5, 5.41) is 0.142. The molecule has 0 aliphatic heterocycles.